The Bertz CT molecular complexity index is 1210. The van der Waals surface area contributed by atoms with E-state index in [0.29, 0.717) is 21.8 Å². The number of hydrazone groups is 1. The second-order valence-corrected chi connectivity index (χ2v) is 7.82. The highest BCUT2D eigenvalue weighted by molar-refractivity contribution is 9.10. The molecule has 2 N–H and O–H groups in total. The van der Waals surface area contributed by atoms with E-state index in [0.717, 1.165) is 4.47 Å². The molecule has 3 aromatic rings. The number of hydrogen-bond donors (Lipinski definition) is 2. The number of benzene rings is 3. The van der Waals surface area contributed by atoms with Gasteiger partial charge in [0.15, 0.2) is 11.5 Å². The fourth-order valence-corrected chi connectivity index (χ4v) is 3.09. The summed E-state index contributed by atoms with van der Waals surface area (Å²) in [5, 5.41) is 6.70. The van der Waals surface area contributed by atoms with Gasteiger partial charge in [0.05, 0.1) is 18.9 Å². The number of nitrogens with zero attached hydrogens (tertiary/aromatic N) is 1. The highest BCUT2D eigenvalue weighted by atomic mass is 79.9. The number of carbonyl (C=O) groups is 3. The number of esters is 1. The first kappa shape index (κ1) is 24.0. The first-order chi connectivity index (χ1) is 15.9. The smallest absolute Gasteiger partial charge is 0.343 e. The van der Waals surface area contributed by atoms with Crippen LogP contribution in [0.3, 0.4) is 0 Å². The number of methoxy groups -OCH3 is 1. The van der Waals surface area contributed by atoms with Crippen LogP contribution in [0.15, 0.2) is 76.3 Å². The molecule has 10 heteroatoms. The maximum Gasteiger partial charge on any atom is 0.343 e. The largest absolute Gasteiger partial charge is 0.493 e. The van der Waals surface area contributed by atoms with Crippen molar-refractivity contribution in [1.82, 2.24) is 5.43 Å². The minimum Gasteiger partial charge on any atom is -0.493 e. The lowest BCUT2D eigenvalue weighted by molar-refractivity contribution is -0.136. The van der Waals surface area contributed by atoms with Gasteiger partial charge in [-0.3, -0.25) is 9.59 Å². The number of amides is 2. The first-order valence-corrected chi connectivity index (χ1v) is 10.6. The number of ether oxygens (including phenoxy) is 2. The first-order valence-electron chi connectivity index (χ1n) is 9.41. The molecule has 168 valence electrons. The van der Waals surface area contributed by atoms with Gasteiger partial charge in [-0.05, 0) is 66.2 Å². The molecule has 0 atom stereocenters. The van der Waals surface area contributed by atoms with Crippen molar-refractivity contribution in [2.45, 2.75) is 0 Å². The molecule has 0 radical (unpaired) electrons. The van der Waals surface area contributed by atoms with Crippen LogP contribution in [0.25, 0.3) is 0 Å². The second-order valence-electron chi connectivity index (χ2n) is 6.47. The van der Waals surface area contributed by atoms with Gasteiger partial charge >= 0.3 is 17.8 Å². The van der Waals surface area contributed by atoms with Gasteiger partial charge in [0.25, 0.3) is 0 Å². The van der Waals surface area contributed by atoms with Crippen LogP contribution in [0.1, 0.15) is 15.9 Å². The van der Waals surface area contributed by atoms with Crippen LogP contribution in [-0.4, -0.2) is 31.1 Å². The zero-order chi connectivity index (χ0) is 23.8. The SMILES string of the molecule is COc1cc(/C=N\NC(=O)C(=O)Nc2ccc(Cl)cc2)ccc1OC(=O)c1cccc(Br)c1. The fraction of sp³-hybridized carbons (Fsp3) is 0.0435. The summed E-state index contributed by atoms with van der Waals surface area (Å²) in [5.74, 6) is -1.88. The monoisotopic (exact) mass is 529 g/mol. The van der Waals surface area contributed by atoms with E-state index in [2.05, 4.69) is 31.8 Å². The summed E-state index contributed by atoms with van der Waals surface area (Å²) in [4.78, 5) is 36.2. The standard InChI is InChI=1S/C23H17BrClN3O5/c1-32-20-11-14(5-10-19(20)33-23(31)15-3-2-4-16(24)12-15)13-26-28-22(30)21(29)27-18-8-6-17(25)7-9-18/h2-13H,1H3,(H,27,29)(H,28,30)/b26-13-. The average Bonchev–Trinajstić information content (AvgIpc) is 2.81. The highest BCUT2D eigenvalue weighted by Gasteiger charge is 2.14. The van der Waals surface area contributed by atoms with Gasteiger partial charge in [-0.1, -0.05) is 33.6 Å². The van der Waals surface area contributed by atoms with Crippen LogP contribution in [0, 0.1) is 0 Å². The normalized spacial score (nSPS) is 10.5. The molecule has 8 nitrogen and oxygen atoms in total. The zero-order valence-electron chi connectivity index (χ0n) is 17.2. The molecule has 0 aromatic heterocycles. The van der Waals surface area contributed by atoms with Gasteiger partial charge in [0.2, 0.25) is 0 Å². The van der Waals surface area contributed by atoms with Crippen LogP contribution in [0.4, 0.5) is 5.69 Å². The Hall–Kier alpha value is -3.69. The lowest BCUT2D eigenvalue weighted by Gasteiger charge is -2.10. The molecule has 0 spiro atoms. The van der Waals surface area contributed by atoms with E-state index in [1.807, 2.05) is 0 Å². The third-order valence-electron chi connectivity index (χ3n) is 4.14. The Labute approximate surface area is 202 Å². The molecule has 0 aliphatic rings. The van der Waals surface area contributed by atoms with Gasteiger partial charge in [0.1, 0.15) is 0 Å². The van der Waals surface area contributed by atoms with Crippen molar-refractivity contribution in [3.05, 3.63) is 87.4 Å². The zero-order valence-corrected chi connectivity index (χ0v) is 19.5. The van der Waals surface area contributed by atoms with E-state index < -0.39 is 17.8 Å². The summed E-state index contributed by atoms with van der Waals surface area (Å²) in [6, 6.07) is 17.8. The third-order valence-corrected chi connectivity index (χ3v) is 4.88. The van der Waals surface area contributed by atoms with Crippen molar-refractivity contribution < 1.29 is 23.9 Å². The number of nitrogens with one attached hydrogen (secondary N) is 2. The summed E-state index contributed by atoms with van der Waals surface area (Å²) in [5.41, 5.74) is 3.46. The maximum absolute atomic E-state index is 12.4. The minimum atomic E-state index is -0.951. The number of halogens is 2. The van der Waals surface area contributed by atoms with E-state index in [9.17, 15) is 14.4 Å². The number of anilines is 1. The molecule has 0 fully saturated rings. The lowest BCUT2D eigenvalue weighted by atomic mass is 10.2. The fourth-order valence-electron chi connectivity index (χ4n) is 2.56. The lowest BCUT2D eigenvalue weighted by Crippen LogP contribution is -2.32. The average molecular weight is 531 g/mol. The summed E-state index contributed by atoms with van der Waals surface area (Å²) in [6.45, 7) is 0. The van der Waals surface area contributed by atoms with Gasteiger partial charge in [-0.15, -0.1) is 0 Å². The van der Waals surface area contributed by atoms with Gasteiger partial charge in [-0.25, -0.2) is 10.2 Å². The molecule has 0 bridgehead atoms. The predicted molar refractivity (Wildman–Crippen MR) is 128 cm³/mol. The van der Waals surface area contributed by atoms with Crippen LogP contribution < -0.4 is 20.2 Å². The molecule has 0 unspecified atom stereocenters. The quantitative estimate of drug-likeness (QED) is 0.161. The van der Waals surface area contributed by atoms with Crippen LogP contribution >= 0.6 is 27.5 Å². The highest BCUT2D eigenvalue weighted by Crippen LogP contribution is 2.28. The molecule has 3 rings (SSSR count). The van der Waals surface area contributed by atoms with E-state index in [1.165, 1.54) is 19.4 Å². The van der Waals surface area contributed by atoms with Crippen molar-refractivity contribution in [3.8, 4) is 11.5 Å². The Balaban J connectivity index is 1.60. The van der Waals surface area contributed by atoms with Crippen molar-refractivity contribution in [1.29, 1.82) is 0 Å². The van der Waals surface area contributed by atoms with E-state index >= 15 is 0 Å². The Morgan fingerprint density at radius 3 is 2.42 bits per heavy atom. The van der Waals surface area contributed by atoms with Gasteiger partial charge in [-0.2, -0.15) is 5.10 Å². The topological polar surface area (TPSA) is 106 Å². The van der Waals surface area contributed by atoms with Crippen molar-refractivity contribution in [2.75, 3.05) is 12.4 Å². The molecule has 3 aromatic carbocycles. The van der Waals surface area contributed by atoms with Crippen LogP contribution in [-0.2, 0) is 9.59 Å². The molecule has 33 heavy (non-hydrogen) atoms. The molecular weight excluding hydrogens is 514 g/mol. The Morgan fingerprint density at radius 2 is 1.73 bits per heavy atom. The number of rotatable bonds is 6. The third kappa shape index (κ3) is 6.90. The van der Waals surface area contributed by atoms with Crippen molar-refractivity contribution in [2.24, 2.45) is 5.10 Å². The Kier molecular flexibility index (Phi) is 8.17. The maximum atomic E-state index is 12.4. The second kappa shape index (κ2) is 11.3. The Morgan fingerprint density at radius 1 is 0.970 bits per heavy atom. The summed E-state index contributed by atoms with van der Waals surface area (Å²) >= 11 is 9.09. The molecule has 0 saturated carbocycles. The molecule has 0 heterocycles. The van der Waals surface area contributed by atoms with E-state index in [1.54, 1.807) is 60.7 Å². The van der Waals surface area contributed by atoms with E-state index in [-0.39, 0.29) is 11.5 Å². The number of hydrogen-bond acceptors (Lipinski definition) is 6. The summed E-state index contributed by atoms with van der Waals surface area (Å²) in [7, 11) is 1.43. The number of carbonyl (C=O) groups excluding carboxylic acids is 3. The van der Waals surface area contributed by atoms with Crippen molar-refractivity contribution >= 4 is 57.2 Å². The van der Waals surface area contributed by atoms with Crippen LogP contribution in [0.2, 0.25) is 5.02 Å². The molecular formula is C23H17BrClN3O5. The summed E-state index contributed by atoms with van der Waals surface area (Å²) in [6.07, 6.45) is 1.32. The van der Waals surface area contributed by atoms with Gasteiger partial charge in [0, 0.05) is 15.2 Å². The van der Waals surface area contributed by atoms with Crippen LogP contribution in [0.5, 0.6) is 11.5 Å². The molecule has 0 saturated heterocycles. The molecule has 0 aliphatic heterocycles. The minimum absolute atomic E-state index is 0.214. The summed E-state index contributed by atoms with van der Waals surface area (Å²) < 4.78 is 11.4. The van der Waals surface area contributed by atoms with E-state index in [4.69, 9.17) is 21.1 Å². The molecule has 2 amide bonds. The van der Waals surface area contributed by atoms with Gasteiger partial charge < -0.3 is 14.8 Å². The van der Waals surface area contributed by atoms with Crippen molar-refractivity contribution in [3.63, 3.8) is 0 Å². The predicted octanol–water partition coefficient (Wildman–Crippen LogP) is 4.42. The molecule has 0 aliphatic carbocycles.